The fraction of sp³-hybridized carbons (Fsp3) is 0.111. The summed E-state index contributed by atoms with van der Waals surface area (Å²) in [6.07, 6.45) is 5.25. The number of nitrogens with two attached hydrogens (primary N) is 1. The Hall–Kier alpha value is -1.36. The van der Waals surface area contributed by atoms with Crippen LogP contribution >= 0.6 is 15.9 Å². The summed E-state index contributed by atoms with van der Waals surface area (Å²) < 4.78 is 2.50. The highest BCUT2D eigenvalue weighted by molar-refractivity contribution is 9.10. The lowest BCUT2D eigenvalue weighted by Gasteiger charge is -2.06. The molecule has 72 valence electrons. The Balaban J connectivity index is 2.57. The summed E-state index contributed by atoms with van der Waals surface area (Å²) in [4.78, 5) is 8.25. The van der Waals surface area contributed by atoms with Crippen molar-refractivity contribution in [3.8, 4) is 5.82 Å². The highest BCUT2D eigenvalue weighted by Crippen LogP contribution is 2.22. The van der Waals surface area contributed by atoms with E-state index in [1.54, 1.807) is 12.5 Å². The van der Waals surface area contributed by atoms with Gasteiger partial charge in [0.15, 0.2) is 0 Å². The van der Waals surface area contributed by atoms with E-state index in [0.29, 0.717) is 10.3 Å². The lowest BCUT2D eigenvalue weighted by atomic mass is 10.2. The first kappa shape index (κ1) is 9.21. The average Bonchev–Trinajstić information content (AvgIpc) is 2.66. The minimum absolute atomic E-state index is 0.668. The fourth-order valence-corrected chi connectivity index (χ4v) is 1.65. The van der Waals surface area contributed by atoms with Crippen molar-refractivity contribution in [3.05, 3.63) is 35.0 Å². The van der Waals surface area contributed by atoms with Gasteiger partial charge in [0.25, 0.3) is 0 Å². The van der Waals surface area contributed by atoms with Crippen molar-refractivity contribution >= 4 is 21.6 Å². The minimum atomic E-state index is 0.668. The second kappa shape index (κ2) is 3.42. The van der Waals surface area contributed by atoms with Crippen LogP contribution in [0.25, 0.3) is 5.82 Å². The molecule has 0 saturated carbocycles. The molecule has 0 saturated heterocycles. The molecule has 0 bridgehead atoms. The molecule has 2 aromatic rings. The Morgan fingerprint density at radius 1 is 1.50 bits per heavy atom. The number of pyridine rings is 1. The number of nitrogen functional groups attached to an aromatic ring is 1. The Bertz CT molecular complexity index is 427. The summed E-state index contributed by atoms with van der Waals surface area (Å²) in [5.41, 5.74) is 7.44. The van der Waals surface area contributed by atoms with Crippen LogP contribution in [-0.2, 0) is 0 Å². The molecule has 2 heterocycles. The predicted molar refractivity (Wildman–Crippen MR) is 58.2 cm³/mol. The van der Waals surface area contributed by atoms with E-state index in [2.05, 4.69) is 25.9 Å². The Morgan fingerprint density at radius 2 is 2.29 bits per heavy atom. The lowest BCUT2D eigenvalue weighted by Crippen LogP contribution is -2.00. The molecule has 0 unspecified atom stereocenters. The van der Waals surface area contributed by atoms with Crippen molar-refractivity contribution in [1.29, 1.82) is 0 Å². The summed E-state index contributed by atoms with van der Waals surface area (Å²) in [6, 6.07) is 1.92. The second-order valence-corrected chi connectivity index (χ2v) is 3.72. The molecular formula is C9H9BrN4. The molecule has 0 fully saturated rings. The van der Waals surface area contributed by atoms with Crippen LogP contribution in [0.3, 0.4) is 0 Å². The van der Waals surface area contributed by atoms with Gasteiger partial charge in [-0.25, -0.2) is 9.97 Å². The Morgan fingerprint density at radius 3 is 2.86 bits per heavy atom. The summed E-state index contributed by atoms with van der Waals surface area (Å²) in [5.74, 6) is 0.807. The summed E-state index contributed by atoms with van der Waals surface area (Å²) >= 11 is 3.31. The maximum atomic E-state index is 5.77. The Labute approximate surface area is 89.9 Å². The van der Waals surface area contributed by atoms with Gasteiger partial charge in [-0.2, -0.15) is 0 Å². The van der Waals surface area contributed by atoms with Crippen LogP contribution in [0.15, 0.2) is 29.4 Å². The molecule has 0 aromatic carbocycles. The normalized spacial score (nSPS) is 10.4. The van der Waals surface area contributed by atoms with E-state index in [4.69, 9.17) is 5.73 Å². The number of imidazole rings is 1. The summed E-state index contributed by atoms with van der Waals surface area (Å²) in [6.45, 7) is 1.95. The van der Waals surface area contributed by atoms with Crippen LogP contribution in [0.1, 0.15) is 5.56 Å². The van der Waals surface area contributed by atoms with Crippen molar-refractivity contribution in [1.82, 2.24) is 14.5 Å². The van der Waals surface area contributed by atoms with E-state index in [-0.39, 0.29) is 0 Å². The number of hydrogen-bond donors (Lipinski definition) is 1. The molecule has 0 aliphatic rings. The van der Waals surface area contributed by atoms with Crippen LogP contribution in [-0.4, -0.2) is 14.5 Å². The third-order valence-electron chi connectivity index (χ3n) is 1.97. The molecule has 14 heavy (non-hydrogen) atoms. The SMILES string of the molecule is Cc1cc(-n2ccnc2)nc(Br)c1N. The highest BCUT2D eigenvalue weighted by Gasteiger charge is 2.05. The zero-order valence-corrected chi connectivity index (χ0v) is 9.19. The summed E-state index contributed by atoms with van der Waals surface area (Å²) in [5, 5.41) is 0. The number of halogens is 1. The van der Waals surface area contributed by atoms with Gasteiger partial charge in [0.2, 0.25) is 0 Å². The van der Waals surface area contributed by atoms with Gasteiger partial charge in [-0.15, -0.1) is 0 Å². The van der Waals surface area contributed by atoms with Crippen LogP contribution in [0.4, 0.5) is 5.69 Å². The number of hydrogen-bond acceptors (Lipinski definition) is 3. The minimum Gasteiger partial charge on any atom is -0.396 e. The topological polar surface area (TPSA) is 56.7 Å². The molecule has 2 rings (SSSR count). The van der Waals surface area contributed by atoms with Crippen molar-refractivity contribution < 1.29 is 0 Å². The molecular weight excluding hydrogens is 244 g/mol. The van der Waals surface area contributed by atoms with Gasteiger partial charge in [0.05, 0.1) is 5.69 Å². The van der Waals surface area contributed by atoms with E-state index in [1.807, 2.05) is 23.8 Å². The van der Waals surface area contributed by atoms with E-state index in [1.165, 1.54) is 0 Å². The van der Waals surface area contributed by atoms with Gasteiger partial charge < -0.3 is 5.73 Å². The Kier molecular flexibility index (Phi) is 2.25. The fourth-order valence-electron chi connectivity index (χ4n) is 1.15. The van der Waals surface area contributed by atoms with Gasteiger partial charge in [-0.3, -0.25) is 4.57 Å². The van der Waals surface area contributed by atoms with Crippen LogP contribution in [0.2, 0.25) is 0 Å². The molecule has 4 nitrogen and oxygen atoms in total. The van der Waals surface area contributed by atoms with Crippen molar-refractivity contribution in [2.75, 3.05) is 5.73 Å². The third-order valence-corrected chi connectivity index (χ3v) is 2.58. The van der Waals surface area contributed by atoms with Gasteiger partial charge >= 0.3 is 0 Å². The number of aromatic nitrogens is 3. The molecule has 5 heteroatoms. The highest BCUT2D eigenvalue weighted by atomic mass is 79.9. The summed E-state index contributed by atoms with van der Waals surface area (Å²) in [7, 11) is 0. The van der Waals surface area contributed by atoms with E-state index in [9.17, 15) is 0 Å². The molecule has 0 spiro atoms. The second-order valence-electron chi connectivity index (χ2n) is 2.97. The van der Waals surface area contributed by atoms with Crippen LogP contribution in [0, 0.1) is 6.92 Å². The van der Waals surface area contributed by atoms with E-state index < -0.39 is 0 Å². The first-order valence-electron chi connectivity index (χ1n) is 4.09. The van der Waals surface area contributed by atoms with Gasteiger partial charge in [-0.1, -0.05) is 0 Å². The van der Waals surface area contributed by atoms with E-state index in [0.717, 1.165) is 11.4 Å². The van der Waals surface area contributed by atoms with Gasteiger partial charge in [-0.05, 0) is 34.5 Å². The molecule has 2 aromatic heterocycles. The molecule has 0 aliphatic carbocycles. The standard InChI is InChI=1S/C9H9BrN4/c1-6-4-7(13-9(10)8(6)11)14-3-2-12-5-14/h2-5H,11H2,1H3. The quantitative estimate of drug-likeness (QED) is 0.790. The lowest BCUT2D eigenvalue weighted by molar-refractivity contribution is 0.981. The molecule has 0 radical (unpaired) electrons. The van der Waals surface area contributed by atoms with Crippen molar-refractivity contribution in [3.63, 3.8) is 0 Å². The zero-order chi connectivity index (χ0) is 10.1. The first-order chi connectivity index (χ1) is 6.68. The van der Waals surface area contributed by atoms with Gasteiger partial charge in [0, 0.05) is 12.4 Å². The van der Waals surface area contributed by atoms with Gasteiger partial charge in [0.1, 0.15) is 16.7 Å². The molecule has 0 aliphatic heterocycles. The molecule has 0 atom stereocenters. The monoisotopic (exact) mass is 252 g/mol. The number of aryl methyl sites for hydroxylation is 1. The van der Waals surface area contributed by atoms with Crippen molar-refractivity contribution in [2.45, 2.75) is 6.92 Å². The average molecular weight is 253 g/mol. The van der Waals surface area contributed by atoms with Crippen LogP contribution < -0.4 is 5.73 Å². The number of rotatable bonds is 1. The first-order valence-corrected chi connectivity index (χ1v) is 4.88. The molecule has 2 N–H and O–H groups in total. The molecule has 0 amide bonds. The van der Waals surface area contributed by atoms with Crippen LogP contribution in [0.5, 0.6) is 0 Å². The van der Waals surface area contributed by atoms with E-state index >= 15 is 0 Å². The number of anilines is 1. The maximum Gasteiger partial charge on any atom is 0.139 e. The largest absolute Gasteiger partial charge is 0.396 e. The maximum absolute atomic E-state index is 5.77. The predicted octanol–water partition coefficient (Wildman–Crippen LogP) is 1.92. The number of nitrogens with zero attached hydrogens (tertiary/aromatic N) is 3. The van der Waals surface area contributed by atoms with Crippen molar-refractivity contribution in [2.24, 2.45) is 0 Å². The zero-order valence-electron chi connectivity index (χ0n) is 7.61. The smallest absolute Gasteiger partial charge is 0.139 e. The third kappa shape index (κ3) is 1.50.